The van der Waals surface area contributed by atoms with Crippen LogP contribution in [-0.2, 0) is 16.1 Å². The van der Waals surface area contributed by atoms with E-state index in [9.17, 15) is 24.8 Å². The second-order valence-electron chi connectivity index (χ2n) is 6.39. The highest BCUT2D eigenvalue weighted by atomic mass is 16.9. The minimum Gasteiger partial charge on any atom is -0.490 e. The molecule has 0 fully saturated rings. The molecule has 1 aromatic carbocycles. The van der Waals surface area contributed by atoms with Crippen molar-refractivity contribution in [3.8, 4) is 5.75 Å². The van der Waals surface area contributed by atoms with E-state index >= 15 is 0 Å². The van der Waals surface area contributed by atoms with Crippen LogP contribution in [0.2, 0.25) is 0 Å². The van der Waals surface area contributed by atoms with Gasteiger partial charge in [-0.1, -0.05) is 12.1 Å². The van der Waals surface area contributed by atoms with E-state index in [0.717, 1.165) is 12.0 Å². The fraction of sp³-hybridized carbons (Fsp3) is 0.556. The number of amides is 1. The molecule has 1 aromatic rings. The fourth-order valence-electron chi connectivity index (χ4n) is 2.86. The lowest BCUT2D eigenvalue weighted by Gasteiger charge is -2.15. The average Bonchev–Trinajstić information content (AvgIpc) is 3.05. The van der Waals surface area contributed by atoms with Gasteiger partial charge in [0.2, 0.25) is 5.91 Å². The zero-order valence-electron chi connectivity index (χ0n) is 15.5. The van der Waals surface area contributed by atoms with Crippen molar-refractivity contribution in [2.75, 3.05) is 32.8 Å². The summed E-state index contributed by atoms with van der Waals surface area (Å²) in [5, 5.41) is 24.7. The largest absolute Gasteiger partial charge is 0.490 e. The van der Waals surface area contributed by atoms with Crippen LogP contribution in [0.1, 0.15) is 35.2 Å². The van der Waals surface area contributed by atoms with Crippen LogP contribution in [0.15, 0.2) is 18.2 Å². The van der Waals surface area contributed by atoms with Crippen molar-refractivity contribution >= 4 is 11.7 Å². The number of nitrogens with one attached hydrogen (secondary N) is 2. The van der Waals surface area contributed by atoms with Crippen molar-refractivity contribution in [3.63, 3.8) is 0 Å². The monoisotopic (exact) mass is 395 g/mol. The molecule has 0 saturated heterocycles. The van der Waals surface area contributed by atoms with Crippen LogP contribution in [0.3, 0.4) is 0 Å². The van der Waals surface area contributed by atoms with Crippen molar-refractivity contribution in [3.05, 3.63) is 39.4 Å². The molecular formula is C18H25N3O7. The summed E-state index contributed by atoms with van der Waals surface area (Å²) in [7, 11) is 0. The number of ether oxygens (including phenoxy) is 1. The molecule has 0 radical (unpaired) electrons. The van der Waals surface area contributed by atoms with E-state index in [4.69, 9.17) is 4.74 Å². The van der Waals surface area contributed by atoms with Gasteiger partial charge in [-0.25, -0.2) is 0 Å². The third-order valence-electron chi connectivity index (χ3n) is 4.19. The van der Waals surface area contributed by atoms with Crippen molar-refractivity contribution in [2.45, 2.75) is 31.8 Å². The highest BCUT2D eigenvalue weighted by molar-refractivity contribution is 6.02. The number of aliphatic hydroxyl groups excluding tert-OH is 1. The molecule has 1 amide bonds. The quantitative estimate of drug-likeness (QED) is 0.245. The molecule has 0 aromatic heterocycles. The van der Waals surface area contributed by atoms with Gasteiger partial charge in [0, 0.05) is 32.5 Å². The first kappa shape index (κ1) is 21.6. The Hall–Kier alpha value is -2.72. The van der Waals surface area contributed by atoms with Crippen LogP contribution < -0.4 is 15.4 Å². The number of hydrogen-bond donors (Lipinski definition) is 3. The standard InChI is InChI=1S/C18H25N3O7/c22-14(11-19-8-9-20-17(24)5-2-10-28-21(25)26)12-27-16-4-1-3-13-6-7-15(23)18(13)16/h1,3-4,14,19,22H,2,5-12H2,(H,20,24). The molecule has 1 aliphatic carbocycles. The van der Waals surface area contributed by atoms with E-state index in [-0.39, 0.29) is 44.3 Å². The Morgan fingerprint density at radius 1 is 1.32 bits per heavy atom. The molecule has 10 nitrogen and oxygen atoms in total. The summed E-state index contributed by atoms with van der Waals surface area (Å²) in [6.45, 7) is 1.03. The molecule has 0 aliphatic heterocycles. The number of hydrogen-bond acceptors (Lipinski definition) is 8. The third kappa shape index (κ3) is 7.12. The van der Waals surface area contributed by atoms with Crippen LogP contribution in [0.4, 0.5) is 0 Å². The molecule has 2 rings (SSSR count). The summed E-state index contributed by atoms with van der Waals surface area (Å²) >= 11 is 0. The van der Waals surface area contributed by atoms with Crippen LogP contribution in [0.25, 0.3) is 0 Å². The van der Waals surface area contributed by atoms with Crippen LogP contribution >= 0.6 is 0 Å². The normalized spacial score (nSPS) is 13.7. The van der Waals surface area contributed by atoms with Crippen LogP contribution in [0, 0.1) is 10.1 Å². The summed E-state index contributed by atoms with van der Waals surface area (Å²) in [5.41, 5.74) is 1.60. The topological polar surface area (TPSA) is 140 Å². The van der Waals surface area contributed by atoms with Crippen molar-refractivity contribution in [1.82, 2.24) is 10.6 Å². The Bertz CT molecular complexity index is 696. The number of carbonyl (C=O) groups is 2. The molecule has 3 N–H and O–H groups in total. The second kappa shape index (κ2) is 11.2. The van der Waals surface area contributed by atoms with Gasteiger partial charge in [0.05, 0.1) is 12.2 Å². The summed E-state index contributed by atoms with van der Waals surface area (Å²) in [6.07, 6.45) is 0.868. The lowest BCUT2D eigenvalue weighted by Crippen LogP contribution is -2.37. The second-order valence-corrected chi connectivity index (χ2v) is 6.39. The predicted molar refractivity (Wildman–Crippen MR) is 98.7 cm³/mol. The molecule has 0 heterocycles. The van der Waals surface area contributed by atoms with E-state index in [2.05, 4.69) is 15.5 Å². The number of benzene rings is 1. The number of aliphatic hydroxyl groups is 1. The Kier molecular flexibility index (Phi) is 8.63. The molecule has 10 heteroatoms. The lowest BCUT2D eigenvalue weighted by atomic mass is 10.1. The molecule has 0 spiro atoms. The van der Waals surface area contributed by atoms with E-state index in [1.165, 1.54) is 0 Å². The molecule has 0 bridgehead atoms. The summed E-state index contributed by atoms with van der Waals surface area (Å²) in [4.78, 5) is 37.5. The third-order valence-corrected chi connectivity index (χ3v) is 4.19. The first-order chi connectivity index (χ1) is 13.5. The summed E-state index contributed by atoms with van der Waals surface area (Å²) in [6, 6.07) is 5.48. The highest BCUT2D eigenvalue weighted by Crippen LogP contribution is 2.30. The van der Waals surface area contributed by atoms with Gasteiger partial charge in [-0.15, -0.1) is 10.1 Å². The Morgan fingerprint density at radius 3 is 2.93 bits per heavy atom. The maximum atomic E-state index is 11.9. The van der Waals surface area contributed by atoms with E-state index in [1.807, 2.05) is 12.1 Å². The number of ketones is 1. The number of rotatable bonds is 13. The maximum Gasteiger partial charge on any atom is 0.294 e. The molecule has 154 valence electrons. The van der Waals surface area contributed by atoms with Gasteiger partial charge in [0.1, 0.15) is 18.5 Å². The van der Waals surface area contributed by atoms with E-state index in [1.54, 1.807) is 6.07 Å². The van der Waals surface area contributed by atoms with E-state index in [0.29, 0.717) is 30.8 Å². The lowest BCUT2D eigenvalue weighted by molar-refractivity contribution is -0.757. The van der Waals surface area contributed by atoms with Crippen LogP contribution in [-0.4, -0.2) is 60.8 Å². The van der Waals surface area contributed by atoms with E-state index < -0.39 is 11.2 Å². The molecule has 0 saturated carbocycles. The van der Waals surface area contributed by atoms with Gasteiger partial charge in [-0.3, -0.25) is 9.59 Å². The van der Waals surface area contributed by atoms with Crippen molar-refractivity contribution < 1.29 is 29.4 Å². The number of nitrogens with zero attached hydrogens (tertiary/aromatic N) is 1. The molecule has 1 atom stereocenters. The molecular weight excluding hydrogens is 370 g/mol. The first-order valence-electron chi connectivity index (χ1n) is 9.18. The molecule has 1 aliphatic rings. The van der Waals surface area contributed by atoms with Gasteiger partial charge in [-0.05, 0) is 24.5 Å². The number of Topliss-reactive ketones (excluding diaryl/α,β-unsaturated/α-hetero) is 1. The zero-order chi connectivity index (χ0) is 20.4. The van der Waals surface area contributed by atoms with Gasteiger partial charge >= 0.3 is 0 Å². The fourth-order valence-corrected chi connectivity index (χ4v) is 2.86. The molecule has 1 unspecified atom stereocenters. The highest BCUT2D eigenvalue weighted by Gasteiger charge is 2.23. The Morgan fingerprint density at radius 2 is 2.14 bits per heavy atom. The minimum absolute atomic E-state index is 0.0551. The summed E-state index contributed by atoms with van der Waals surface area (Å²) < 4.78 is 5.61. The minimum atomic E-state index is -0.889. The number of carbonyl (C=O) groups excluding carboxylic acids is 2. The molecule has 28 heavy (non-hydrogen) atoms. The SMILES string of the molecule is O=C(CCCO[N+](=O)[O-])NCCNCC(O)COc1cccc2c1C(=O)CC2. The predicted octanol–water partition coefficient (Wildman–Crippen LogP) is 0.250. The maximum absolute atomic E-state index is 11.9. The average molecular weight is 395 g/mol. The Labute approximate surface area is 162 Å². The zero-order valence-corrected chi connectivity index (χ0v) is 15.5. The van der Waals surface area contributed by atoms with Gasteiger partial charge in [0.25, 0.3) is 5.09 Å². The number of fused-ring (bicyclic) bond motifs is 1. The van der Waals surface area contributed by atoms with Crippen molar-refractivity contribution in [1.29, 1.82) is 0 Å². The van der Waals surface area contributed by atoms with Gasteiger partial charge in [0.15, 0.2) is 5.78 Å². The Balaban J connectivity index is 1.55. The summed E-state index contributed by atoms with van der Waals surface area (Å²) in [5.74, 6) is 0.353. The first-order valence-corrected chi connectivity index (χ1v) is 9.18. The smallest absolute Gasteiger partial charge is 0.294 e. The van der Waals surface area contributed by atoms with Gasteiger partial charge < -0.3 is 25.3 Å². The number of aryl methyl sites for hydroxylation is 1. The van der Waals surface area contributed by atoms with Gasteiger partial charge in [-0.2, -0.15) is 0 Å². The van der Waals surface area contributed by atoms with Crippen molar-refractivity contribution in [2.24, 2.45) is 0 Å². The van der Waals surface area contributed by atoms with Crippen LogP contribution in [0.5, 0.6) is 5.75 Å².